The quantitative estimate of drug-likeness (QED) is 0.606. The summed E-state index contributed by atoms with van der Waals surface area (Å²) in [5.41, 5.74) is 0.892. The molecule has 1 saturated carbocycles. The van der Waals surface area contributed by atoms with Crippen LogP contribution in [-0.2, 0) is 0 Å². The van der Waals surface area contributed by atoms with Crippen molar-refractivity contribution in [1.29, 1.82) is 0 Å². The minimum atomic E-state index is 0.340. The van der Waals surface area contributed by atoms with Crippen LogP contribution in [0.5, 0.6) is 0 Å². The molecular formula is C20H30O. The molecule has 0 amide bonds. The number of carbonyl (C=O) groups is 1. The molecule has 1 aromatic carbocycles. The fourth-order valence-corrected chi connectivity index (χ4v) is 3.46. The lowest BCUT2D eigenvalue weighted by atomic mass is 9.88. The van der Waals surface area contributed by atoms with Gasteiger partial charge < -0.3 is 0 Å². The maximum Gasteiger partial charge on any atom is 0.163 e. The highest BCUT2D eigenvalue weighted by Crippen LogP contribution is 2.24. The second-order valence-corrected chi connectivity index (χ2v) is 6.62. The van der Waals surface area contributed by atoms with E-state index in [1.807, 2.05) is 30.3 Å². The molecule has 0 N–H and O–H groups in total. The number of carbonyl (C=O) groups excluding carboxylic acids is 1. The van der Waals surface area contributed by atoms with E-state index in [-0.39, 0.29) is 0 Å². The van der Waals surface area contributed by atoms with Gasteiger partial charge in [-0.05, 0) is 5.92 Å². The Kier molecular flexibility index (Phi) is 7.56. The first-order chi connectivity index (χ1) is 10.4. The summed E-state index contributed by atoms with van der Waals surface area (Å²) < 4.78 is 0. The monoisotopic (exact) mass is 286 g/mol. The largest absolute Gasteiger partial charge is 0.294 e. The van der Waals surface area contributed by atoms with Gasteiger partial charge in [0.1, 0.15) is 0 Å². The van der Waals surface area contributed by atoms with Crippen molar-refractivity contribution in [2.24, 2.45) is 5.92 Å². The Bertz CT molecular complexity index is 384. The van der Waals surface area contributed by atoms with Crippen LogP contribution >= 0.6 is 0 Å². The summed E-state index contributed by atoms with van der Waals surface area (Å²) in [4.78, 5) is 12.4. The summed E-state index contributed by atoms with van der Waals surface area (Å²) in [7, 11) is 0. The Morgan fingerprint density at radius 3 is 1.76 bits per heavy atom. The molecule has 0 heterocycles. The van der Waals surface area contributed by atoms with Crippen molar-refractivity contribution < 1.29 is 4.79 Å². The smallest absolute Gasteiger partial charge is 0.163 e. The molecule has 0 aliphatic heterocycles. The molecule has 1 heteroatoms. The maximum atomic E-state index is 12.4. The fourth-order valence-electron chi connectivity index (χ4n) is 3.46. The summed E-state index contributed by atoms with van der Waals surface area (Å²) in [5, 5.41) is 0. The van der Waals surface area contributed by atoms with E-state index in [1.165, 1.54) is 70.6 Å². The SMILES string of the molecule is O=C(CC1CCCCCCCCCCC1)c1ccccc1. The molecule has 1 aromatic rings. The van der Waals surface area contributed by atoms with Crippen LogP contribution in [0.4, 0.5) is 0 Å². The van der Waals surface area contributed by atoms with Crippen LogP contribution < -0.4 is 0 Å². The third kappa shape index (κ3) is 6.46. The number of rotatable bonds is 3. The van der Waals surface area contributed by atoms with Crippen molar-refractivity contribution in [3.05, 3.63) is 35.9 Å². The summed E-state index contributed by atoms with van der Waals surface area (Å²) >= 11 is 0. The van der Waals surface area contributed by atoms with Gasteiger partial charge in [0.05, 0.1) is 0 Å². The lowest BCUT2D eigenvalue weighted by molar-refractivity contribution is 0.0954. The van der Waals surface area contributed by atoms with Gasteiger partial charge in [-0.25, -0.2) is 0 Å². The summed E-state index contributed by atoms with van der Waals surface area (Å²) in [5.74, 6) is 0.949. The van der Waals surface area contributed by atoms with Crippen molar-refractivity contribution in [3.8, 4) is 0 Å². The molecule has 0 saturated heterocycles. The van der Waals surface area contributed by atoms with Crippen LogP contribution in [0.15, 0.2) is 30.3 Å². The van der Waals surface area contributed by atoms with Crippen molar-refractivity contribution in [3.63, 3.8) is 0 Å². The molecule has 2 rings (SSSR count). The third-order valence-electron chi connectivity index (χ3n) is 4.79. The van der Waals surface area contributed by atoms with E-state index in [0.29, 0.717) is 11.7 Å². The number of Topliss-reactive ketones (excluding diaryl/α,β-unsaturated/α-hetero) is 1. The number of hydrogen-bond donors (Lipinski definition) is 0. The molecule has 116 valence electrons. The maximum absolute atomic E-state index is 12.4. The lowest BCUT2D eigenvalue weighted by Crippen LogP contribution is -2.09. The first-order valence-corrected chi connectivity index (χ1v) is 8.94. The van der Waals surface area contributed by atoms with Gasteiger partial charge in [0, 0.05) is 12.0 Å². The van der Waals surface area contributed by atoms with Crippen LogP contribution in [0.25, 0.3) is 0 Å². The zero-order valence-corrected chi connectivity index (χ0v) is 13.4. The predicted octanol–water partition coefficient (Wildman–Crippen LogP) is 6.18. The Hall–Kier alpha value is -1.11. The fraction of sp³-hybridized carbons (Fsp3) is 0.650. The lowest BCUT2D eigenvalue weighted by Gasteiger charge is -2.17. The van der Waals surface area contributed by atoms with E-state index in [9.17, 15) is 4.79 Å². The van der Waals surface area contributed by atoms with Crippen LogP contribution in [0.1, 0.15) is 87.4 Å². The first-order valence-electron chi connectivity index (χ1n) is 8.94. The third-order valence-corrected chi connectivity index (χ3v) is 4.79. The molecule has 1 nitrogen and oxygen atoms in total. The van der Waals surface area contributed by atoms with E-state index in [0.717, 1.165) is 12.0 Å². The molecule has 1 aliphatic carbocycles. The summed E-state index contributed by atoms with van der Waals surface area (Å²) in [6.45, 7) is 0. The highest BCUT2D eigenvalue weighted by molar-refractivity contribution is 5.96. The van der Waals surface area contributed by atoms with Gasteiger partial charge in [-0.1, -0.05) is 101 Å². The summed E-state index contributed by atoms with van der Waals surface area (Å²) in [6, 6.07) is 9.82. The average molecular weight is 286 g/mol. The van der Waals surface area contributed by atoms with E-state index < -0.39 is 0 Å². The highest BCUT2D eigenvalue weighted by atomic mass is 16.1. The Morgan fingerprint density at radius 2 is 1.24 bits per heavy atom. The minimum absolute atomic E-state index is 0.340. The molecule has 0 spiro atoms. The van der Waals surface area contributed by atoms with E-state index >= 15 is 0 Å². The standard InChI is InChI=1S/C20H30O/c21-20(19-15-11-8-12-16-19)17-18-13-9-6-4-2-1-3-5-7-10-14-18/h8,11-12,15-16,18H,1-7,9-10,13-14,17H2. The van der Waals surface area contributed by atoms with Crippen LogP contribution in [0.2, 0.25) is 0 Å². The van der Waals surface area contributed by atoms with Gasteiger partial charge in [-0.3, -0.25) is 4.79 Å². The van der Waals surface area contributed by atoms with Crippen molar-refractivity contribution >= 4 is 5.78 Å². The number of hydrogen-bond acceptors (Lipinski definition) is 1. The Morgan fingerprint density at radius 1 is 0.762 bits per heavy atom. The molecule has 0 radical (unpaired) electrons. The Labute approximate surface area is 130 Å². The van der Waals surface area contributed by atoms with E-state index in [1.54, 1.807) is 0 Å². The van der Waals surface area contributed by atoms with E-state index in [4.69, 9.17) is 0 Å². The molecular weight excluding hydrogens is 256 g/mol. The Balaban J connectivity index is 1.84. The average Bonchev–Trinajstić information content (AvgIpc) is 2.51. The topological polar surface area (TPSA) is 17.1 Å². The predicted molar refractivity (Wildman–Crippen MR) is 89.7 cm³/mol. The second-order valence-electron chi connectivity index (χ2n) is 6.62. The number of benzene rings is 1. The van der Waals surface area contributed by atoms with Crippen LogP contribution in [0, 0.1) is 5.92 Å². The van der Waals surface area contributed by atoms with Gasteiger partial charge in [0.25, 0.3) is 0 Å². The zero-order valence-electron chi connectivity index (χ0n) is 13.4. The van der Waals surface area contributed by atoms with Crippen LogP contribution in [0.3, 0.4) is 0 Å². The normalized spacial score (nSPS) is 19.4. The molecule has 1 fully saturated rings. The summed E-state index contributed by atoms with van der Waals surface area (Å²) in [6.07, 6.45) is 15.6. The van der Waals surface area contributed by atoms with Gasteiger partial charge in [-0.15, -0.1) is 0 Å². The molecule has 21 heavy (non-hydrogen) atoms. The highest BCUT2D eigenvalue weighted by Gasteiger charge is 2.15. The minimum Gasteiger partial charge on any atom is -0.294 e. The van der Waals surface area contributed by atoms with Crippen molar-refractivity contribution in [2.45, 2.75) is 77.0 Å². The molecule has 0 atom stereocenters. The van der Waals surface area contributed by atoms with Gasteiger partial charge in [-0.2, -0.15) is 0 Å². The van der Waals surface area contributed by atoms with Gasteiger partial charge >= 0.3 is 0 Å². The van der Waals surface area contributed by atoms with Crippen molar-refractivity contribution in [2.75, 3.05) is 0 Å². The van der Waals surface area contributed by atoms with E-state index in [2.05, 4.69) is 0 Å². The van der Waals surface area contributed by atoms with Gasteiger partial charge in [0.15, 0.2) is 5.78 Å². The first kappa shape index (κ1) is 16.3. The molecule has 0 bridgehead atoms. The molecule has 0 unspecified atom stereocenters. The molecule has 1 aliphatic rings. The molecule has 0 aromatic heterocycles. The van der Waals surface area contributed by atoms with Crippen LogP contribution in [-0.4, -0.2) is 5.78 Å². The van der Waals surface area contributed by atoms with Crippen molar-refractivity contribution in [1.82, 2.24) is 0 Å². The zero-order chi connectivity index (χ0) is 14.8. The second kappa shape index (κ2) is 9.76. The number of ketones is 1. The van der Waals surface area contributed by atoms with Gasteiger partial charge in [0.2, 0.25) is 0 Å².